The SMILES string of the molecule is CC1CCC(C=NNC(N)=S)O1. The molecule has 1 saturated heterocycles. The van der Waals surface area contributed by atoms with E-state index < -0.39 is 0 Å². The molecule has 1 fully saturated rings. The Labute approximate surface area is 77.2 Å². The third-order valence-corrected chi connectivity index (χ3v) is 1.77. The molecule has 1 heterocycles. The molecule has 1 aliphatic rings. The first-order chi connectivity index (χ1) is 5.68. The fourth-order valence-corrected chi connectivity index (χ4v) is 1.18. The van der Waals surface area contributed by atoms with E-state index >= 15 is 0 Å². The molecule has 0 amide bonds. The lowest BCUT2D eigenvalue weighted by atomic mass is 10.2. The molecule has 1 rings (SSSR count). The predicted octanol–water partition coefficient (Wildman–Crippen LogP) is 0.373. The molecular weight excluding hydrogens is 174 g/mol. The van der Waals surface area contributed by atoms with Gasteiger partial charge in [0.25, 0.3) is 0 Å². The summed E-state index contributed by atoms with van der Waals surface area (Å²) in [6, 6.07) is 0. The highest BCUT2D eigenvalue weighted by Crippen LogP contribution is 2.16. The smallest absolute Gasteiger partial charge is 0.184 e. The summed E-state index contributed by atoms with van der Waals surface area (Å²) in [7, 11) is 0. The van der Waals surface area contributed by atoms with Crippen molar-refractivity contribution >= 4 is 23.5 Å². The summed E-state index contributed by atoms with van der Waals surface area (Å²) in [6.07, 6.45) is 4.25. The highest BCUT2D eigenvalue weighted by Gasteiger charge is 2.19. The van der Waals surface area contributed by atoms with Gasteiger partial charge in [-0.25, -0.2) is 0 Å². The lowest BCUT2D eigenvalue weighted by Gasteiger charge is -2.04. The highest BCUT2D eigenvalue weighted by atomic mass is 32.1. The maximum absolute atomic E-state index is 5.47. The molecule has 0 aromatic heterocycles. The van der Waals surface area contributed by atoms with Crippen molar-refractivity contribution in [1.29, 1.82) is 0 Å². The fraction of sp³-hybridized carbons (Fsp3) is 0.714. The summed E-state index contributed by atoms with van der Waals surface area (Å²) >= 11 is 4.57. The lowest BCUT2D eigenvalue weighted by Crippen LogP contribution is -2.25. The number of hydrogen-bond acceptors (Lipinski definition) is 3. The van der Waals surface area contributed by atoms with Crippen LogP contribution in [0.5, 0.6) is 0 Å². The van der Waals surface area contributed by atoms with E-state index in [4.69, 9.17) is 10.5 Å². The van der Waals surface area contributed by atoms with Crippen LogP contribution in [-0.4, -0.2) is 23.5 Å². The molecule has 0 aromatic rings. The quantitative estimate of drug-likeness (QED) is 0.372. The van der Waals surface area contributed by atoms with E-state index in [9.17, 15) is 0 Å². The molecule has 0 bridgehead atoms. The van der Waals surface area contributed by atoms with Crippen LogP contribution in [0, 0.1) is 0 Å². The highest BCUT2D eigenvalue weighted by molar-refractivity contribution is 7.80. The zero-order valence-electron chi connectivity index (χ0n) is 6.99. The first-order valence-corrected chi connectivity index (χ1v) is 4.33. The van der Waals surface area contributed by atoms with Gasteiger partial charge in [0.05, 0.1) is 18.4 Å². The molecule has 0 radical (unpaired) electrons. The molecule has 4 nitrogen and oxygen atoms in total. The maximum Gasteiger partial charge on any atom is 0.184 e. The van der Waals surface area contributed by atoms with Crippen molar-refractivity contribution in [3.05, 3.63) is 0 Å². The zero-order chi connectivity index (χ0) is 8.97. The van der Waals surface area contributed by atoms with Crippen molar-refractivity contribution < 1.29 is 4.74 Å². The Kier molecular flexibility index (Phi) is 3.43. The number of hydrazone groups is 1. The van der Waals surface area contributed by atoms with Crippen molar-refractivity contribution in [2.45, 2.75) is 32.0 Å². The summed E-state index contributed by atoms with van der Waals surface area (Å²) in [5.74, 6) is 0. The van der Waals surface area contributed by atoms with Crippen molar-refractivity contribution in [3.63, 3.8) is 0 Å². The Hall–Kier alpha value is -0.680. The largest absolute Gasteiger partial charge is 0.375 e. The van der Waals surface area contributed by atoms with Crippen LogP contribution in [0.25, 0.3) is 0 Å². The van der Waals surface area contributed by atoms with Crippen molar-refractivity contribution in [2.24, 2.45) is 10.8 Å². The van der Waals surface area contributed by atoms with Gasteiger partial charge in [-0.2, -0.15) is 5.10 Å². The van der Waals surface area contributed by atoms with E-state index in [-0.39, 0.29) is 11.2 Å². The van der Waals surface area contributed by atoms with Crippen LogP contribution in [0.1, 0.15) is 19.8 Å². The van der Waals surface area contributed by atoms with Gasteiger partial charge in [0.1, 0.15) is 0 Å². The molecule has 12 heavy (non-hydrogen) atoms. The average Bonchev–Trinajstić information content (AvgIpc) is 2.35. The molecule has 0 aromatic carbocycles. The molecule has 5 heteroatoms. The summed E-state index contributed by atoms with van der Waals surface area (Å²) < 4.78 is 5.47. The van der Waals surface area contributed by atoms with Crippen LogP contribution in [-0.2, 0) is 4.74 Å². The number of nitrogens with one attached hydrogen (secondary N) is 1. The molecule has 0 aliphatic carbocycles. The molecule has 0 saturated carbocycles. The third kappa shape index (κ3) is 3.15. The zero-order valence-corrected chi connectivity index (χ0v) is 7.80. The third-order valence-electron chi connectivity index (χ3n) is 1.68. The second kappa shape index (κ2) is 4.37. The minimum absolute atomic E-state index is 0.113. The van der Waals surface area contributed by atoms with Crippen LogP contribution < -0.4 is 11.2 Å². The fourth-order valence-electron chi connectivity index (χ4n) is 1.13. The van der Waals surface area contributed by atoms with Gasteiger partial charge in [-0.05, 0) is 32.0 Å². The summed E-state index contributed by atoms with van der Waals surface area (Å²) in [4.78, 5) is 0. The van der Waals surface area contributed by atoms with Crippen LogP contribution in [0.15, 0.2) is 5.10 Å². The summed E-state index contributed by atoms with van der Waals surface area (Å²) in [5.41, 5.74) is 7.66. The van der Waals surface area contributed by atoms with E-state index in [0.717, 1.165) is 12.8 Å². The molecule has 0 spiro atoms. The van der Waals surface area contributed by atoms with Gasteiger partial charge in [0.2, 0.25) is 0 Å². The van der Waals surface area contributed by atoms with Gasteiger partial charge in [-0.15, -0.1) is 0 Å². The van der Waals surface area contributed by atoms with Gasteiger partial charge in [0, 0.05) is 0 Å². The summed E-state index contributed by atoms with van der Waals surface area (Å²) in [5, 5.41) is 4.00. The number of nitrogens with two attached hydrogens (primary N) is 1. The minimum atomic E-state index is 0.113. The normalized spacial score (nSPS) is 29.4. The molecule has 2 unspecified atom stereocenters. The summed E-state index contributed by atoms with van der Waals surface area (Å²) in [6.45, 7) is 2.05. The minimum Gasteiger partial charge on any atom is -0.375 e. The van der Waals surface area contributed by atoms with Crippen molar-refractivity contribution in [3.8, 4) is 0 Å². The molecule has 2 atom stereocenters. The van der Waals surface area contributed by atoms with E-state index in [1.54, 1.807) is 6.21 Å². The second-order valence-electron chi connectivity index (χ2n) is 2.82. The van der Waals surface area contributed by atoms with Gasteiger partial charge < -0.3 is 10.5 Å². The number of thiocarbonyl (C=S) groups is 1. The van der Waals surface area contributed by atoms with Gasteiger partial charge in [-0.3, -0.25) is 5.43 Å². The van der Waals surface area contributed by atoms with Gasteiger partial charge in [0.15, 0.2) is 5.11 Å². The Bertz CT molecular complexity index is 195. The van der Waals surface area contributed by atoms with Crippen LogP contribution in [0.4, 0.5) is 0 Å². The molecular formula is C7H13N3OS. The Morgan fingerprint density at radius 1 is 1.75 bits per heavy atom. The molecule has 68 valence electrons. The number of ether oxygens (including phenoxy) is 1. The van der Waals surface area contributed by atoms with Gasteiger partial charge in [-0.1, -0.05) is 0 Å². The topological polar surface area (TPSA) is 59.6 Å². The van der Waals surface area contributed by atoms with Crippen LogP contribution in [0.2, 0.25) is 0 Å². The second-order valence-corrected chi connectivity index (χ2v) is 3.26. The predicted molar refractivity (Wildman–Crippen MR) is 52.0 cm³/mol. The standard InChI is InChI=1S/C7H13N3OS/c1-5-2-3-6(11-5)4-9-10-7(8)12/h4-6H,2-3H2,1H3,(H3,8,10,12). The maximum atomic E-state index is 5.47. The lowest BCUT2D eigenvalue weighted by molar-refractivity contribution is 0.0960. The molecule has 1 aliphatic heterocycles. The number of nitrogens with zero attached hydrogens (tertiary/aromatic N) is 1. The monoisotopic (exact) mass is 187 g/mol. The van der Waals surface area contributed by atoms with Crippen molar-refractivity contribution in [1.82, 2.24) is 5.43 Å². The average molecular weight is 187 g/mol. The Balaban J connectivity index is 2.22. The van der Waals surface area contributed by atoms with Crippen LogP contribution in [0.3, 0.4) is 0 Å². The van der Waals surface area contributed by atoms with E-state index in [1.165, 1.54) is 0 Å². The number of hydrogen-bond donors (Lipinski definition) is 2. The first kappa shape index (κ1) is 9.41. The van der Waals surface area contributed by atoms with E-state index in [0.29, 0.717) is 6.10 Å². The van der Waals surface area contributed by atoms with Crippen LogP contribution >= 0.6 is 12.2 Å². The van der Waals surface area contributed by atoms with E-state index in [2.05, 4.69) is 29.7 Å². The first-order valence-electron chi connectivity index (χ1n) is 3.92. The van der Waals surface area contributed by atoms with E-state index in [1.807, 2.05) is 0 Å². The van der Waals surface area contributed by atoms with Crippen molar-refractivity contribution in [2.75, 3.05) is 0 Å². The number of rotatable bonds is 2. The Morgan fingerprint density at radius 2 is 2.50 bits per heavy atom. The van der Waals surface area contributed by atoms with Gasteiger partial charge >= 0.3 is 0 Å². The Morgan fingerprint density at radius 3 is 3.00 bits per heavy atom. The molecule has 3 N–H and O–H groups in total.